The largest absolute Gasteiger partial charge is 0.0616 e. The molecule has 0 nitrogen and oxygen atoms in total. The summed E-state index contributed by atoms with van der Waals surface area (Å²) in [4.78, 5) is 0. The molecule has 11 heavy (non-hydrogen) atoms. The average Bonchev–Trinajstić information content (AvgIpc) is 2.05. The van der Waals surface area contributed by atoms with E-state index >= 15 is 0 Å². The predicted molar refractivity (Wildman–Crippen MR) is 49.9 cm³/mol. The third-order valence-electron chi connectivity index (χ3n) is 1.59. The van der Waals surface area contributed by atoms with E-state index in [1.165, 1.54) is 10.8 Å². The van der Waals surface area contributed by atoms with E-state index in [2.05, 4.69) is 24.3 Å². The Balaban J connectivity index is 0.000000605. The fraction of sp³-hybridized carbons (Fsp3) is 0. The van der Waals surface area contributed by atoms with Crippen LogP contribution in [0.25, 0.3) is 10.8 Å². The van der Waals surface area contributed by atoms with Gasteiger partial charge in [0.2, 0.25) is 0 Å². The zero-order valence-corrected chi connectivity index (χ0v) is 5.54. The van der Waals surface area contributed by atoms with Gasteiger partial charge in [0.05, 0.1) is 0 Å². The zero-order valence-electron chi connectivity index (χ0n) is 5.54. The van der Waals surface area contributed by atoms with Crippen LogP contribution in [0, 0.1) is 6.07 Å². The van der Waals surface area contributed by atoms with Crippen LogP contribution in [-0.2, 0) is 0 Å². The second kappa shape index (κ2) is 3.62. The third-order valence-corrected chi connectivity index (χ3v) is 1.59. The molecule has 0 aliphatic carbocycles. The van der Waals surface area contributed by atoms with Gasteiger partial charge in [-0.25, -0.2) is 0 Å². The maximum absolute atomic E-state index is 3.04. The third kappa shape index (κ3) is 1.65. The molecule has 0 bridgehead atoms. The van der Waals surface area contributed by atoms with Gasteiger partial charge in [-0.05, 0) is 22.9 Å². The van der Waals surface area contributed by atoms with Gasteiger partial charge < -0.3 is 0 Å². The van der Waals surface area contributed by atoms with Crippen LogP contribution in [-0.4, -0.2) is 18.9 Å². The zero-order chi connectivity index (χ0) is 6.81. The van der Waals surface area contributed by atoms with E-state index in [0.29, 0.717) is 0 Å². The predicted octanol–water partition coefficient (Wildman–Crippen LogP) is 1.99. The number of hydrogen-bond acceptors (Lipinski definition) is 0. The fourth-order valence-electron chi connectivity index (χ4n) is 1.07. The van der Waals surface area contributed by atoms with Gasteiger partial charge in [0.15, 0.2) is 0 Å². The summed E-state index contributed by atoms with van der Waals surface area (Å²) in [5.41, 5.74) is 0. The van der Waals surface area contributed by atoms with Crippen LogP contribution in [0.2, 0.25) is 0 Å². The number of fused-ring (bicyclic) bond motifs is 1. The smallest absolute Gasteiger partial charge is 0.0177 e. The Bertz CT molecular complexity index is 276. The Labute approximate surface area is 78.4 Å². The van der Waals surface area contributed by atoms with E-state index in [9.17, 15) is 0 Å². The molecule has 0 aliphatic heterocycles. The molecular weight excluding hydrogens is 127 g/mol. The molecule has 0 atom stereocenters. The summed E-state index contributed by atoms with van der Waals surface area (Å²) in [6.45, 7) is 0. The molecule has 2 rings (SSSR count). The molecule has 0 spiro atoms. The monoisotopic (exact) mass is 135 g/mol. The van der Waals surface area contributed by atoms with Gasteiger partial charge in [-0.15, -0.1) is 0 Å². The summed E-state index contributed by atoms with van der Waals surface area (Å²) in [6, 6.07) is 17.3. The second-order valence-electron chi connectivity index (χ2n) is 2.27. The van der Waals surface area contributed by atoms with E-state index in [1.807, 2.05) is 24.3 Å². The summed E-state index contributed by atoms with van der Waals surface area (Å²) >= 11 is 0. The minimum atomic E-state index is 0. The molecule has 2 aromatic carbocycles. The maximum atomic E-state index is 3.04. The Morgan fingerprint density at radius 1 is 0.909 bits per heavy atom. The van der Waals surface area contributed by atoms with Crippen molar-refractivity contribution in [2.75, 3.05) is 0 Å². The molecule has 0 aliphatic rings. The molecular formula is C10H8Li. The summed E-state index contributed by atoms with van der Waals surface area (Å²) in [5, 5.41) is 2.53. The standard InChI is InChI=1S/C10H7.Li.H/c1-2-6-10-8-4-3-7-9(10)5-1;;/h1-3,5-8H;;. The van der Waals surface area contributed by atoms with Gasteiger partial charge in [-0.1, -0.05) is 36.4 Å². The molecule has 0 aromatic heterocycles. The van der Waals surface area contributed by atoms with Crippen molar-refractivity contribution in [3.8, 4) is 0 Å². The van der Waals surface area contributed by atoms with Gasteiger partial charge in [0.25, 0.3) is 0 Å². The van der Waals surface area contributed by atoms with Gasteiger partial charge in [-0.3, -0.25) is 0 Å². The first kappa shape index (κ1) is 8.39. The van der Waals surface area contributed by atoms with Crippen LogP contribution < -0.4 is 0 Å². The van der Waals surface area contributed by atoms with Crippen LogP contribution >= 0.6 is 0 Å². The van der Waals surface area contributed by atoms with Crippen molar-refractivity contribution >= 4 is 29.6 Å². The normalized spacial score (nSPS) is 9.09. The Hall–Kier alpha value is -0.703. The van der Waals surface area contributed by atoms with Gasteiger partial charge >= 0.3 is 18.9 Å². The number of hydrogen-bond donors (Lipinski definition) is 0. The fourth-order valence-corrected chi connectivity index (χ4v) is 1.07. The summed E-state index contributed by atoms with van der Waals surface area (Å²) in [7, 11) is 0. The molecule has 0 N–H and O–H groups in total. The van der Waals surface area contributed by atoms with E-state index in [0.717, 1.165) is 0 Å². The molecule has 0 fully saturated rings. The molecule has 1 radical (unpaired) electrons. The van der Waals surface area contributed by atoms with E-state index in [4.69, 9.17) is 0 Å². The van der Waals surface area contributed by atoms with Crippen molar-refractivity contribution in [1.82, 2.24) is 0 Å². The van der Waals surface area contributed by atoms with Gasteiger partial charge in [-0.2, -0.15) is 0 Å². The van der Waals surface area contributed by atoms with Crippen LogP contribution in [0.1, 0.15) is 0 Å². The molecule has 0 saturated heterocycles. The first-order valence-electron chi connectivity index (χ1n) is 3.32. The van der Waals surface area contributed by atoms with Crippen molar-refractivity contribution in [1.29, 1.82) is 0 Å². The van der Waals surface area contributed by atoms with Crippen LogP contribution in [0.15, 0.2) is 42.5 Å². The van der Waals surface area contributed by atoms with Gasteiger partial charge in [0, 0.05) is 0 Å². The molecule has 1 heteroatoms. The van der Waals surface area contributed by atoms with Crippen molar-refractivity contribution in [3.63, 3.8) is 0 Å². The first-order valence-corrected chi connectivity index (χ1v) is 3.32. The first-order chi connectivity index (χ1) is 4.97. The van der Waals surface area contributed by atoms with Crippen molar-refractivity contribution < 1.29 is 0 Å². The van der Waals surface area contributed by atoms with E-state index in [-0.39, 0.29) is 18.9 Å². The molecule has 2 aromatic rings. The van der Waals surface area contributed by atoms with E-state index < -0.39 is 0 Å². The molecule has 0 unspecified atom stereocenters. The number of rotatable bonds is 0. The number of benzene rings is 2. The minimum Gasteiger partial charge on any atom is -0.0616 e. The van der Waals surface area contributed by atoms with Crippen molar-refractivity contribution in [3.05, 3.63) is 48.5 Å². The summed E-state index contributed by atoms with van der Waals surface area (Å²) in [5.74, 6) is 0. The minimum absolute atomic E-state index is 0. The van der Waals surface area contributed by atoms with E-state index in [1.54, 1.807) is 0 Å². The Morgan fingerprint density at radius 3 is 2.36 bits per heavy atom. The Morgan fingerprint density at radius 2 is 1.64 bits per heavy atom. The summed E-state index contributed by atoms with van der Waals surface area (Å²) in [6.07, 6.45) is 0. The maximum Gasteiger partial charge on any atom is -0.0177 e. The van der Waals surface area contributed by atoms with Crippen LogP contribution in [0.3, 0.4) is 0 Å². The molecule has 0 saturated carbocycles. The topological polar surface area (TPSA) is 0 Å². The Kier molecular flexibility index (Phi) is 2.76. The molecule has 0 heterocycles. The van der Waals surface area contributed by atoms with Crippen molar-refractivity contribution in [2.45, 2.75) is 0 Å². The SMILES string of the molecule is [LiH].[c]1ccc2ccccc2c1. The van der Waals surface area contributed by atoms with Gasteiger partial charge in [0.1, 0.15) is 0 Å². The quantitative estimate of drug-likeness (QED) is 0.484. The average molecular weight is 135 g/mol. The second-order valence-corrected chi connectivity index (χ2v) is 2.27. The van der Waals surface area contributed by atoms with Crippen molar-refractivity contribution in [2.24, 2.45) is 0 Å². The molecule has 49 valence electrons. The summed E-state index contributed by atoms with van der Waals surface area (Å²) < 4.78 is 0. The molecule has 0 amide bonds. The van der Waals surface area contributed by atoms with Crippen LogP contribution in [0.5, 0.6) is 0 Å². The van der Waals surface area contributed by atoms with Crippen LogP contribution in [0.4, 0.5) is 0 Å².